The first-order chi connectivity index (χ1) is 11.7. The van der Waals surface area contributed by atoms with Crippen LogP contribution in [-0.2, 0) is 13.0 Å². The van der Waals surface area contributed by atoms with Gasteiger partial charge in [-0.2, -0.15) is 0 Å². The van der Waals surface area contributed by atoms with Crippen LogP contribution in [0.25, 0.3) is 10.9 Å². The van der Waals surface area contributed by atoms with E-state index >= 15 is 0 Å². The van der Waals surface area contributed by atoms with Gasteiger partial charge in [-0.05, 0) is 48.7 Å². The maximum atomic E-state index is 13.4. The molecule has 4 nitrogen and oxygen atoms in total. The van der Waals surface area contributed by atoms with Gasteiger partial charge in [-0.3, -0.25) is 0 Å². The molecular formula is C19H21FN4. The van der Waals surface area contributed by atoms with Crippen molar-refractivity contribution in [3.8, 4) is 0 Å². The summed E-state index contributed by atoms with van der Waals surface area (Å²) in [6, 6.07) is 9.12. The number of pyridine rings is 1. The van der Waals surface area contributed by atoms with Crippen molar-refractivity contribution in [1.29, 1.82) is 0 Å². The van der Waals surface area contributed by atoms with Crippen molar-refractivity contribution in [1.82, 2.24) is 9.97 Å². The Morgan fingerprint density at radius 3 is 3.00 bits per heavy atom. The molecule has 1 aliphatic heterocycles. The van der Waals surface area contributed by atoms with E-state index in [9.17, 15) is 4.39 Å². The lowest BCUT2D eigenvalue weighted by Gasteiger charge is -2.28. The third-order valence-electron chi connectivity index (χ3n) is 4.59. The van der Waals surface area contributed by atoms with Crippen molar-refractivity contribution in [3.05, 3.63) is 53.6 Å². The monoisotopic (exact) mass is 324 g/mol. The van der Waals surface area contributed by atoms with Crippen LogP contribution in [0.2, 0.25) is 0 Å². The van der Waals surface area contributed by atoms with Crippen LogP contribution in [0.5, 0.6) is 0 Å². The highest BCUT2D eigenvalue weighted by molar-refractivity contribution is 5.85. The van der Waals surface area contributed by atoms with Gasteiger partial charge >= 0.3 is 0 Å². The van der Waals surface area contributed by atoms with Crippen LogP contribution in [-0.4, -0.2) is 23.1 Å². The number of halogens is 1. The number of hydrogen-bond acceptors (Lipinski definition) is 3. The van der Waals surface area contributed by atoms with E-state index in [2.05, 4.69) is 39.2 Å². The lowest BCUT2D eigenvalue weighted by molar-refractivity contribution is 0.629. The molecule has 0 bridgehead atoms. The fraction of sp³-hybridized carbons (Fsp3) is 0.316. The van der Waals surface area contributed by atoms with Gasteiger partial charge in [0.2, 0.25) is 0 Å². The lowest BCUT2D eigenvalue weighted by Crippen LogP contribution is -2.30. The molecule has 1 aromatic carbocycles. The third-order valence-corrected chi connectivity index (χ3v) is 4.59. The second-order valence-electron chi connectivity index (χ2n) is 6.28. The van der Waals surface area contributed by atoms with Gasteiger partial charge in [-0.1, -0.05) is 6.92 Å². The normalized spacial score (nSPS) is 14.0. The van der Waals surface area contributed by atoms with E-state index in [1.54, 1.807) is 6.07 Å². The number of fused-ring (bicyclic) bond motifs is 3. The minimum Gasteiger partial charge on any atom is -0.384 e. The molecular weight excluding hydrogens is 303 g/mol. The number of rotatable bonds is 4. The molecule has 1 aliphatic rings. The number of benzene rings is 1. The summed E-state index contributed by atoms with van der Waals surface area (Å²) in [4.78, 5) is 10.2. The highest BCUT2D eigenvalue weighted by Gasteiger charge is 2.21. The molecule has 2 N–H and O–H groups in total. The molecule has 0 spiro atoms. The van der Waals surface area contributed by atoms with Crippen LogP contribution in [0.1, 0.15) is 24.6 Å². The Bertz CT molecular complexity index is 854. The number of aromatic nitrogens is 2. The highest BCUT2D eigenvalue weighted by atomic mass is 19.1. The molecule has 0 saturated carbocycles. The van der Waals surface area contributed by atoms with Crippen molar-refractivity contribution in [3.63, 3.8) is 0 Å². The van der Waals surface area contributed by atoms with Crippen LogP contribution >= 0.6 is 0 Å². The van der Waals surface area contributed by atoms with Crippen LogP contribution in [0.3, 0.4) is 0 Å². The first-order valence-electron chi connectivity index (χ1n) is 8.48. The fourth-order valence-electron chi connectivity index (χ4n) is 3.36. The quantitative estimate of drug-likeness (QED) is 0.760. The van der Waals surface area contributed by atoms with E-state index in [1.807, 2.05) is 12.3 Å². The number of nitrogens with zero attached hydrogens (tertiary/aromatic N) is 2. The second-order valence-corrected chi connectivity index (χ2v) is 6.28. The van der Waals surface area contributed by atoms with Crippen molar-refractivity contribution < 1.29 is 4.39 Å². The molecule has 3 aromatic rings. The molecule has 0 amide bonds. The number of H-pyrrole nitrogens is 1. The van der Waals surface area contributed by atoms with E-state index in [0.29, 0.717) is 0 Å². The Kier molecular flexibility index (Phi) is 3.84. The maximum Gasteiger partial charge on any atom is 0.128 e. The SMILES string of the molecule is CCCNc1ccc(N2CCc3c([nH]c4cc(F)ccc34)C2)nc1. The molecule has 124 valence electrons. The summed E-state index contributed by atoms with van der Waals surface area (Å²) in [5.74, 6) is 0.780. The Morgan fingerprint density at radius 2 is 2.21 bits per heavy atom. The lowest BCUT2D eigenvalue weighted by atomic mass is 10.0. The predicted molar refractivity (Wildman–Crippen MR) is 96.0 cm³/mol. The van der Waals surface area contributed by atoms with Crippen molar-refractivity contribution in [2.45, 2.75) is 26.3 Å². The van der Waals surface area contributed by atoms with E-state index in [1.165, 1.54) is 11.6 Å². The molecule has 5 heteroatoms. The predicted octanol–water partition coefficient (Wildman–Crippen LogP) is 4.09. The third kappa shape index (κ3) is 2.70. The van der Waals surface area contributed by atoms with E-state index in [4.69, 9.17) is 0 Å². The maximum absolute atomic E-state index is 13.4. The van der Waals surface area contributed by atoms with Gasteiger partial charge in [0.1, 0.15) is 11.6 Å². The largest absolute Gasteiger partial charge is 0.384 e. The summed E-state index contributed by atoms with van der Waals surface area (Å²) in [6.07, 6.45) is 3.93. The Hall–Kier alpha value is -2.56. The molecule has 0 radical (unpaired) electrons. The van der Waals surface area contributed by atoms with Gasteiger partial charge in [-0.15, -0.1) is 0 Å². The van der Waals surface area contributed by atoms with E-state index < -0.39 is 0 Å². The molecule has 0 fully saturated rings. The molecule has 0 saturated heterocycles. The minimum atomic E-state index is -0.199. The van der Waals surface area contributed by atoms with Gasteiger partial charge in [0, 0.05) is 29.7 Å². The smallest absolute Gasteiger partial charge is 0.128 e. The van der Waals surface area contributed by atoms with Crippen molar-refractivity contribution >= 4 is 22.4 Å². The van der Waals surface area contributed by atoms with Gasteiger partial charge in [-0.25, -0.2) is 9.37 Å². The molecule has 0 aliphatic carbocycles. The Morgan fingerprint density at radius 1 is 1.29 bits per heavy atom. The van der Waals surface area contributed by atoms with E-state index in [-0.39, 0.29) is 5.82 Å². The Balaban J connectivity index is 1.56. The molecule has 2 aromatic heterocycles. The van der Waals surface area contributed by atoms with Crippen LogP contribution < -0.4 is 10.2 Å². The summed E-state index contributed by atoms with van der Waals surface area (Å²) < 4.78 is 13.4. The summed E-state index contributed by atoms with van der Waals surface area (Å²) in [5.41, 5.74) is 4.41. The first kappa shape index (κ1) is 15.0. The summed E-state index contributed by atoms with van der Waals surface area (Å²) in [7, 11) is 0. The average Bonchev–Trinajstić information content (AvgIpc) is 2.96. The standard InChI is InChI=1S/C19H21FN4/c1-2-8-21-14-4-6-19(22-11-14)24-9-7-16-15-5-3-13(20)10-17(15)23-18(16)12-24/h3-6,10-11,21,23H,2,7-9,12H2,1H3. The average molecular weight is 324 g/mol. The van der Waals surface area contributed by atoms with Crippen LogP contribution in [0.4, 0.5) is 15.9 Å². The molecule has 0 atom stereocenters. The fourth-order valence-corrected chi connectivity index (χ4v) is 3.36. The minimum absolute atomic E-state index is 0.199. The Labute approximate surface area is 140 Å². The topological polar surface area (TPSA) is 44.0 Å². The number of hydrogen-bond donors (Lipinski definition) is 2. The van der Waals surface area contributed by atoms with Crippen LogP contribution in [0.15, 0.2) is 36.5 Å². The van der Waals surface area contributed by atoms with Crippen LogP contribution in [0, 0.1) is 5.82 Å². The summed E-state index contributed by atoms with van der Waals surface area (Å²) in [5, 5.41) is 4.48. The zero-order valence-electron chi connectivity index (χ0n) is 13.8. The van der Waals surface area contributed by atoms with Gasteiger partial charge in [0.05, 0.1) is 18.4 Å². The zero-order valence-corrected chi connectivity index (χ0v) is 13.8. The molecule has 3 heterocycles. The van der Waals surface area contributed by atoms with Gasteiger partial charge < -0.3 is 15.2 Å². The molecule has 0 unspecified atom stereocenters. The highest BCUT2D eigenvalue weighted by Crippen LogP contribution is 2.30. The number of aromatic amines is 1. The van der Waals surface area contributed by atoms with Gasteiger partial charge in [0.15, 0.2) is 0 Å². The van der Waals surface area contributed by atoms with Gasteiger partial charge in [0.25, 0.3) is 0 Å². The van der Waals surface area contributed by atoms with Crippen molar-refractivity contribution in [2.24, 2.45) is 0 Å². The van der Waals surface area contributed by atoms with E-state index in [0.717, 1.165) is 60.6 Å². The molecule has 4 rings (SSSR count). The first-order valence-corrected chi connectivity index (χ1v) is 8.48. The summed E-state index contributed by atoms with van der Waals surface area (Å²) >= 11 is 0. The summed E-state index contributed by atoms with van der Waals surface area (Å²) in [6.45, 7) is 4.80. The second kappa shape index (κ2) is 6.15. The van der Waals surface area contributed by atoms with Crippen molar-refractivity contribution in [2.75, 3.05) is 23.3 Å². The number of nitrogens with one attached hydrogen (secondary N) is 2. The zero-order chi connectivity index (χ0) is 16.5. The number of anilines is 2. The molecule has 24 heavy (non-hydrogen) atoms.